The molecule has 3 heteroatoms. The summed E-state index contributed by atoms with van der Waals surface area (Å²) in [4.78, 5) is 12.1. The molecular formula is C40H27N3. The van der Waals surface area contributed by atoms with Crippen molar-refractivity contribution in [1.29, 1.82) is 0 Å². The molecule has 1 aliphatic rings. The Labute approximate surface area is 252 Å². The highest BCUT2D eigenvalue weighted by Gasteiger charge is 2.15. The van der Waals surface area contributed by atoms with Gasteiger partial charge in [0.05, 0.1) is 11.4 Å². The molecular weight excluding hydrogens is 522 g/mol. The average molecular weight is 550 g/mol. The normalized spacial score (nSPS) is 13.7. The Morgan fingerprint density at radius 3 is 2.02 bits per heavy atom. The number of benzene rings is 5. The lowest BCUT2D eigenvalue weighted by Crippen LogP contribution is -2.10. The van der Waals surface area contributed by atoms with E-state index in [9.17, 15) is 0 Å². The molecule has 0 saturated carbocycles. The number of rotatable bonds is 2. The summed E-state index contributed by atoms with van der Waals surface area (Å²) >= 11 is 0. The molecule has 6 aromatic carbocycles. The third-order valence-electron chi connectivity index (χ3n) is 7.43. The van der Waals surface area contributed by atoms with Crippen LogP contribution in [-0.2, 0) is 0 Å². The monoisotopic (exact) mass is 549 g/mol. The smallest absolute Gasteiger partial charge is 0.159 e. The standard InChI is InChI=1S/C40H27N3/c1-29-31-14-8-15-32(24-31)34-17-10-22-38(26-34)43(37-20-6-3-7-21-37)39-23-11-18-35(27-39)33-16-9-19-36(25-33)40(42-29)41-28-30-12-4-2-5-13-30/h2-10,12-17,19-28H,1H2/b41-28+,42-40-. The second-order valence-electron chi connectivity index (χ2n) is 10.3. The van der Waals surface area contributed by atoms with Crippen molar-refractivity contribution in [2.75, 3.05) is 4.90 Å². The topological polar surface area (TPSA) is 28.0 Å². The summed E-state index contributed by atoms with van der Waals surface area (Å²) in [6, 6.07) is 56.4. The van der Waals surface area contributed by atoms with Crippen LogP contribution in [0.4, 0.5) is 17.1 Å². The van der Waals surface area contributed by atoms with Gasteiger partial charge in [-0.2, -0.15) is 0 Å². The van der Waals surface area contributed by atoms with Crippen LogP contribution >= 0.6 is 0 Å². The van der Waals surface area contributed by atoms with Crippen molar-refractivity contribution in [2.24, 2.45) is 9.98 Å². The van der Waals surface area contributed by atoms with Gasteiger partial charge < -0.3 is 4.90 Å². The lowest BCUT2D eigenvalue weighted by atomic mass is 10.00. The summed E-state index contributed by atoms with van der Waals surface area (Å²) in [7, 11) is 0. The molecule has 0 amide bonds. The molecule has 0 radical (unpaired) electrons. The highest BCUT2D eigenvalue weighted by Crippen LogP contribution is 2.38. The number of hydrogen-bond acceptors (Lipinski definition) is 3. The molecule has 0 fully saturated rings. The van der Waals surface area contributed by atoms with E-state index in [1.54, 1.807) is 0 Å². The fraction of sp³-hybridized carbons (Fsp3) is 0. The van der Waals surface area contributed by atoms with Gasteiger partial charge in [-0.15, -0.1) is 0 Å². The molecule has 0 aromatic heterocycles. The van der Waals surface area contributed by atoms with Crippen molar-refractivity contribution in [3.8, 4) is 22.3 Å². The predicted molar refractivity (Wildman–Crippen MR) is 179 cm³/mol. The van der Waals surface area contributed by atoms with Crippen molar-refractivity contribution in [3.63, 3.8) is 0 Å². The van der Waals surface area contributed by atoms with Crippen molar-refractivity contribution in [2.45, 2.75) is 0 Å². The second kappa shape index (κ2) is 11.5. The number of para-hydroxylation sites is 1. The van der Waals surface area contributed by atoms with Gasteiger partial charge >= 0.3 is 0 Å². The largest absolute Gasteiger partial charge is 0.310 e. The average Bonchev–Trinajstić information content (AvgIpc) is 3.08. The number of aliphatic imine (C=N–C) groups is 2. The van der Waals surface area contributed by atoms with E-state index in [2.05, 4.69) is 109 Å². The van der Waals surface area contributed by atoms with Crippen LogP contribution in [-0.4, -0.2) is 12.1 Å². The Bertz CT molecular complexity index is 1990. The fourth-order valence-corrected chi connectivity index (χ4v) is 5.29. The molecule has 6 aromatic rings. The van der Waals surface area contributed by atoms with Gasteiger partial charge in [0.2, 0.25) is 0 Å². The van der Waals surface area contributed by atoms with E-state index < -0.39 is 0 Å². The fourth-order valence-electron chi connectivity index (χ4n) is 5.29. The van der Waals surface area contributed by atoms with Gasteiger partial charge in [0.1, 0.15) is 0 Å². The van der Waals surface area contributed by atoms with E-state index in [0.29, 0.717) is 11.5 Å². The van der Waals surface area contributed by atoms with Crippen molar-refractivity contribution >= 4 is 34.8 Å². The third-order valence-corrected chi connectivity index (χ3v) is 7.43. The SMILES string of the molecule is C=C1/N=C(\N=C\c2ccccc2)c2cccc(c2)-c2c#ccc(c2)N(c2ccccc2)c2cccc(c2)-c2cccc1c2. The molecule has 43 heavy (non-hydrogen) atoms. The molecule has 202 valence electrons. The second-order valence-corrected chi connectivity index (χ2v) is 10.3. The Hall–Kier alpha value is -5.98. The van der Waals surface area contributed by atoms with Crippen LogP contribution < -0.4 is 4.90 Å². The van der Waals surface area contributed by atoms with Crippen molar-refractivity contribution < 1.29 is 0 Å². The highest BCUT2D eigenvalue weighted by atomic mass is 15.1. The first-order valence-electron chi connectivity index (χ1n) is 14.2. The van der Waals surface area contributed by atoms with Crippen LogP contribution in [0.25, 0.3) is 28.0 Å². The van der Waals surface area contributed by atoms with Crippen LogP contribution in [0.15, 0.2) is 162 Å². The summed E-state index contributed by atoms with van der Waals surface area (Å²) in [5.74, 6) is 0.584. The molecule has 0 spiro atoms. The molecule has 0 N–H and O–H groups in total. The minimum Gasteiger partial charge on any atom is -0.310 e. The minimum absolute atomic E-state index is 0.584. The number of fused-ring (bicyclic) bond motifs is 10. The zero-order valence-corrected chi connectivity index (χ0v) is 23.5. The van der Waals surface area contributed by atoms with Crippen LogP contribution in [0.3, 0.4) is 0 Å². The van der Waals surface area contributed by atoms with Crippen LogP contribution in [0.2, 0.25) is 0 Å². The van der Waals surface area contributed by atoms with E-state index in [0.717, 1.165) is 56.0 Å². The summed E-state index contributed by atoms with van der Waals surface area (Å²) in [5, 5.41) is 0. The summed E-state index contributed by atoms with van der Waals surface area (Å²) in [6.45, 7) is 4.36. The lowest BCUT2D eigenvalue weighted by molar-refractivity contribution is 1.28. The molecule has 8 bridgehead atoms. The van der Waals surface area contributed by atoms with Gasteiger partial charge in [-0.1, -0.05) is 116 Å². The van der Waals surface area contributed by atoms with Gasteiger partial charge in [0.25, 0.3) is 0 Å². The number of amidine groups is 1. The maximum Gasteiger partial charge on any atom is 0.159 e. The van der Waals surface area contributed by atoms with E-state index in [1.807, 2.05) is 66.9 Å². The van der Waals surface area contributed by atoms with Crippen LogP contribution in [0.5, 0.6) is 0 Å². The van der Waals surface area contributed by atoms with E-state index in [4.69, 9.17) is 9.98 Å². The number of anilines is 3. The first-order valence-corrected chi connectivity index (χ1v) is 14.2. The summed E-state index contributed by atoms with van der Waals surface area (Å²) in [6.07, 6.45) is 1.84. The molecule has 0 saturated heterocycles. The molecule has 0 unspecified atom stereocenters. The van der Waals surface area contributed by atoms with Gasteiger partial charge in [-0.3, -0.25) is 0 Å². The molecule has 0 aliphatic carbocycles. The summed E-state index contributed by atoms with van der Waals surface area (Å²) in [5.41, 5.74) is 10.7. The first kappa shape index (κ1) is 26.0. The van der Waals surface area contributed by atoms with Crippen LogP contribution in [0, 0.1) is 12.1 Å². The Morgan fingerprint density at radius 1 is 0.581 bits per heavy atom. The lowest BCUT2D eigenvalue weighted by Gasteiger charge is -2.26. The van der Waals surface area contributed by atoms with Gasteiger partial charge in [-0.25, -0.2) is 9.98 Å². The zero-order chi connectivity index (χ0) is 29.0. The van der Waals surface area contributed by atoms with Crippen molar-refractivity contribution in [1.82, 2.24) is 0 Å². The van der Waals surface area contributed by atoms with Gasteiger partial charge in [0, 0.05) is 40.3 Å². The zero-order valence-electron chi connectivity index (χ0n) is 23.5. The van der Waals surface area contributed by atoms with Crippen molar-refractivity contribution in [3.05, 3.63) is 181 Å². The molecule has 1 aliphatic heterocycles. The third kappa shape index (κ3) is 5.51. The van der Waals surface area contributed by atoms with Gasteiger partial charge in [-0.05, 0) is 64.7 Å². The summed E-state index contributed by atoms with van der Waals surface area (Å²) < 4.78 is 0. The Morgan fingerprint density at radius 2 is 1.21 bits per heavy atom. The Balaban J connectivity index is 1.46. The Kier molecular flexibility index (Phi) is 6.93. The van der Waals surface area contributed by atoms with E-state index >= 15 is 0 Å². The number of nitrogens with zero attached hydrogens (tertiary/aromatic N) is 3. The predicted octanol–water partition coefficient (Wildman–Crippen LogP) is 9.94. The maximum absolute atomic E-state index is 4.98. The molecule has 1 heterocycles. The molecule has 7 rings (SSSR count). The molecule has 0 atom stereocenters. The van der Waals surface area contributed by atoms with Crippen LogP contribution in [0.1, 0.15) is 16.7 Å². The van der Waals surface area contributed by atoms with E-state index in [-0.39, 0.29) is 0 Å². The van der Waals surface area contributed by atoms with E-state index in [1.165, 1.54) is 0 Å². The minimum atomic E-state index is 0.584. The molecule has 3 nitrogen and oxygen atoms in total. The quantitative estimate of drug-likeness (QED) is 0.198. The first-order chi connectivity index (χ1) is 21.2. The van der Waals surface area contributed by atoms with Gasteiger partial charge in [0.15, 0.2) is 5.84 Å². The number of hydrogen-bond donors (Lipinski definition) is 0. The highest BCUT2D eigenvalue weighted by molar-refractivity contribution is 6.07. The maximum atomic E-state index is 4.98.